The molecule has 0 saturated carbocycles. The number of methoxy groups -OCH3 is 1. The molecular weight excluding hydrogens is 312 g/mol. The van der Waals surface area contributed by atoms with Gasteiger partial charge in [-0.05, 0) is 49.0 Å². The third-order valence-corrected chi connectivity index (χ3v) is 3.14. The highest BCUT2D eigenvalue weighted by atomic mass is 32.1. The Balaban J connectivity index is 1.81. The molecule has 23 heavy (non-hydrogen) atoms. The Bertz CT molecular complexity index is 704. The van der Waals surface area contributed by atoms with Crippen LogP contribution in [0.1, 0.15) is 5.56 Å². The summed E-state index contributed by atoms with van der Waals surface area (Å²) in [5.41, 5.74) is 1.80. The van der Waals surface area contributed by atoms with Gasteiger partial charge in [-0.25, -0.2) is 0 Å². The Hall–Kier alpha value is -2.60. The van der Waals surface area contributed by atoms with Gasteiger partial charge in [-0.15, -0.1) is 0 Å². The van der Waals surface area contributed by atoms with Gasteiger partial charge in [-0.1, -0.05) is 18.2 Å². The number of carbonyl (C=O) groups excluding carboxylic acids is 1. The van der Waals surface area contributed by atoms with E-state index in [2.05, 4.69) is 10.6 Å². The van der Waals surface area contributed by atoms with Crippen molar-refractivity contribution in [3.63, 3.8) is 0 Å². The quantitative estimate of drug-likeness (QED) is 0.826. The van der Waals surface area contributed by atoms with E-state index in [1.165, 1.54) is 0 Å². The summed E-state index contributed by atoms with van der Waals surface area (Å²) in [6.45, 7) is 1.85. The molecule has 0 aromatic heterocycles. The summed E-state index contributed by atoms with van der Waals surface area (Å²) in [5, 5.41) is 5.69. The number of hydrogen-bond donors (Lipinski definition) is 2. The first kappa shape index (κ1) is 16.8. The molecule has 0 unspecified atom stereocenters. The Morgan fingerprint density at radius 3 is 2.61 bits per heavy atom. The third kappa shape index (κ3) is 5.60. The standard InChI is InChI=1S/C17H18N2O3S/c1-12-5-3-8-15(9-12)22-11-16(20)19-17(23)18-13-6-4-7-14(10-13)21-2/h3-10H,11H2,1-2H3,(H2,18,19,20,23). The molecular formula is C17H18N2O3S. The predicted molar refractivity (Wildman–Crippen MR) is 94.0 cm³/mol. The number of carbonyl (C=O) groups is 1. The highest BCUT2D eigenvalue weighted by Gasteiger charge is 2.06. The molecule has 0 saturated heterocycles. The fourth-order valence-electron chi connectivity index (χ4n) is 1.88. The first-order chi connectivity index (χ1) is 11.1. The van der Waals surface area contributed by atoms with Gasteiger partial charge < -0.3 is 14.8 Å². The zero-order chi connectivity index (χ0) is 16.7. The van der Waals surface area contributed by atoms with Crippen LogP contribution in [0.2, 0.25) is 0 Å². The van der Waals surface area contributed by atoms with Crippen LogP contribution < -0.4 is 20.1 Å². The molecule has 0 aliphatic carbocycles. The summed E-state index contributed by atoms with van der Waals surface area (Å²) >= 11 is 5.10. The molecule has 5 nitrogen and oxygen atoms in total. The van der Waals surface area contributed by atoms with Gasteiger partial charge in [0.25, 0.3) is 5.91 Å². The van der Waals surface area contributed by atoms with Crippen LogP contribution in [-0.2, 0) is 4.79 Å². The first-order valence-electron chi connectivity index (χ1n) is 7.01. The van der Waals surface area contributed by atoms with Crippen molar-refractivity contribution in [1.82, 2.24) is 5.32 Å². The first-order valence-corrected chi connectivity index (χ1v) is 7.42. The van der Waals surface area contributed by atoms with Gasteiger partial charge in [-0.3, -0.25) is 10.1 Å². The summed E-state index contributed by atoms with van der Waals surface area (Å²) in [4.78, 5) is 11.8. The monoisotopic (exact) mass is 330 g/mol. The maximum atomic E-state index is 11.8. The zero-order valence-corrected chi connectivity index (χ0v) is 13.8. The largest absolute Gasteiger partial charge is 0.497 e. The van der Waals surface area contributed by atoms with Crippen LogP contribution in [0.5, 0.6) is 11.5 Å². The molecule has 0 spiro atoms. The number of hydrogen-bond acceptors (Lipinski definition) is 4. The zero-order valence-electron chi connectivity index (χ0n) is 13.0. The summed E-state index contributed by atoms with van der Waals surface area (Å²) < 4.78 is 10.5. The maximum absolute atomic E-state index is 11.8. The second-order valence-electron chi connectivity index (χ2n) is 4.84. The van der Waals surface area contributed by atoms with Gasteiger partial charge >= 0.3 is 0 Å². The average Bonchev–Trinajstić information content (AvgIpc) is 2.53. The molecule has 2 N–H and O–H groups in total. The molecule has 0 radical (unpaired) electrons. The van der Waals surface area contributed by atoms with Gasteiger partial charge in [0.15, 0.2) is 11.7 Å². The minimum absolute atomic E-state index is 0.108. The van der Waals surface area contributed by atoms with E-state index in [4.69, 9.17) is 21.7 Å². The van der Waals surface area contributed by atoms with E-state index in [0.29, 0.717) is 11.5 Å². The van der Waals surface area contributed by atoms with Crippen LogP contribution in [-0.4, -0.2) is 24.7 Å². The van der Waals surface area contributed by atoms with E-state index in [9.17, 15) is 4.79 Å². The van der Waals surface area contributed by atoms with Crippen molar-refractivity contribution in [2.75, 3.05) is 19.0 Å². The minimum atomic E-state index is -0.327. The molecule has 0 bridgehead atoms. The number of benzene rings is 2. The van der Waals surface area contributed by atoms with E-state index in [1.807, 2.05) is 43.3 Å². The lowest BCUT2D eigenvalue weighted by Crippen LogP contribution is -2.37. The van der Waals surface area contributed by atoms with E-state index >= 15 is 0 Å². The lowest BCUT2D eigenvalue weighted by molar-refractivity contribution is -0.121. The highest BCUT2D eigenvalue weighted by Crippen LogP contribution is 2.16. The number of ether oxygens (including phenoxy) is 2. The Morgan fingerprint density at radius 2 is 1.87 bits per heavy atom. The molecule has 120 valence electrons. The smallest absolute Gasteiger partial charge is 0.264 e. The Morgan fingerprint density at radius 1 is 1.13 bits per heavy atom. The molecule has 6 heteroatoms. The molecule has 0 fully saturated rings. The van der Waals surface area contributed by atoms with Gasteiger partial charge in [0, 0.05) is 11.8 Å². The molecule has 0 aliphatic rings. The number of anilines is 1. The third-order valence-electron chi connectivity index (χ3n) is 2.94. The minimum Gasteiger partial charge on any atom is -0.497 e. The Kier molecular flexibility index (Phi) is 5.94. The number of nitrogens with one attached hydrogen (secondary N) is 2. The average molecular weight is 330 g/mol. The van der Waals surface area contributed by atoms with Crippen molar-refractivity contribution in [3.8, 4) is 11.5 Å². The molecule has 2 rings (SSSR count). The summed E-state index contributed by atoms with van der Waals surface area (Å²) in [7, 11) is 1.59. The molecule has 0 atom stereocenters. The van der Waals surface area contributed by atoms with Crippen LogP contribution in [0.3, 0.4) is 0 Å². The van der Waals surface area contributed by atoms with Gasteiger partial charge in [0.2, 0.25) is 0 Å². The lowest BCUT2D eigenvalue weighted by Gasteiger charge is -2.11. The van der Waals surface area contributed by atoms with E-state index in [0.717, 1.165) is 11.3 Å². The summed E-state index contributed by atoms with van der Waals surface area (Å²) in [5.74, 6) is 1.02. The number of rotatable bonds is 5. The van der Waals surface area contributed by atoms with E-state index in [-0.39, 0.29) is 17.6 Å². The van der Waals surface area contributed by atoms with Crippen molar-refractivity contribution in [1.29, 1.82) is 0 Å². The fraction of sp³-hybridized carbons (Fsp3) is 0.176. The topological polar surface area (TPSA) is 59.6 Å². The maximum Gasteiger partial charge on any atom is 0.264 e. The molecule has 0 heterocycles. The molecule has 0 aliphatic heterocycles. The summed E-state index contributed by atoms with van der Waals surface area (Å²) in [6.07, 6.45) is 0. The van der Waals surface area contributed by atoms with Gasteiger partial charge in [-0.2, -0.15) is 0 Å². The van der Waals surface area contributed by atoms with Crippen LogP contribution in [0.4, 0.5) is 5.69 Å². The Labute approximate surface area is 140 Å². The van der Waals surface area contributed by atoms with E-state index in [1.54, 1.807) is 19.2 Å². The SMILES string of the molecule is COc1cccc(NC(=S)NC(=O)COc2cccc(C)c2)c1. The van der Waals surface area contributed by atoms with Crippen molar-refractivity contribution in [2.24, 2.45) is 0 Å². The van der Waals surface area contributed by atoms with Crippen LogP contribution >= 0.6 is 12.2 Å². The molecule has 2 aromatic carbocycles. The van der Waals surface area contributed by atoms with Crippen molar-refractivity contribution >= 4 is 28.9 Å². The van der Waals surface area contributed by atoms with Crippen molar-refractivity contribution in [3.05, 3.63) is 54.1 Å². The second kappa shape index (κ2) is 8.14. The lowest BCUT2D eigenvalue weighted by atomic mass is 10.2. The van der Waals surface area contributed by atoms with Crippen LogP contribution in [0.25, 0.3) is 0 Å². The molecule has 2 aromatic rings. The highest BCUT2D eigenvalue weighted by molar-refractivity contribution is 7.80. The second-order valence-corrected chi connectivity index (χ2v) is 5.25. The van der Waals surface area contributed by atoms with E-state index < -0.39 is 0 Å². The summed E-state index contributed by atoms with van der Waals surface area (Å²) in [6, 6.07) is 14.7. The van der Waals surface area contributed by atoms with Crippen molar-refractivity contribution < 1.29 is 14.3 Å². The van der Waals surface area contributed by atoms with Crippen LogP contribution in [0.15, 0.2) is 48.5 Å². The van der Waals surface area contributed by atoms with Gasteiger partial charge in [0.05, 0.1) is 7.11 Å². The predicted octanol–water partition coefficient (Wildman–Crippen LogP) is 2.90. The number of thiocarbonyl (C=S) groups is 1. The van der Waals surface area contributed by atoms with Crippen molar-refractivity contribution in [2.45, 2.75) is 6.92 Å². The van der Waals surface area contributed by atoms with Crippen LogP contribution in [0, 0.1) is 6.92 Å². The molecule has 1 amide bonds. The number of aryl methyl sites for hydroxylation is 1. The number of amides is 1. The fourth-order valence-corrected chi connectivity index (χ4v) is 2.11. The normalized spacial score (nSPS) is 9.83. The van der Waals surface area contributed by atoms with Gasteiger partial charge in [0.1, 0.15) is 11.5 Å².